The molecule has 0 spiro atoms. The highest BCUT2D eigenvalue weighted by molar-refractivity contribution is 7.90. The average molecular weight is 452 g/mol. The Bertz CT molecular complexity index is 1130. The lowest BCUT2D eigenvalue weighted by molar-refractivity contribution is -0.137. The van der Waals surface area contributed by atoms with E-state index in [2.05, 4.69) is 10.2 Å². The second-order valence-corrected chi connectivity index (χ2v) is 10.8. The van der Waals surface area contributed by atoms with Crippen LogP contribution in [-0.2, 0) is 26.5 Å². The third kappa shape index (κ3) is 4.35. The van der Waals surface area contributed by atoms with Crippen LogP contribution >= 0.6 is 0 Å². The van der Waals surface area contributed by atoms with Crippen LogP contribution in [0.1, 0.15) is 36.6 Å². The molecule has 1 aliphatic heterocycles. The Labute approximate surface area is 189 Å². The quantitative estimate of drug-likeness (QED) is 0.621. The van der Waals surface area contributed by atoms with Gasteiger partial charge < -0.3 is 4.90 Å². The maximum atomic E-state index is 14.0. The van der Waals surface area contributed by atoms with E-state index in [0.29, 0.717) is 25.2 Å². The highest BCUT2D eigenvalue weighted by Crippen LogP contribution is 2.35. The third-order valence-electron chi connectivity index (χ3n) is 6.51. The SMILES string of the molecule is CC(C(=O)N1CCC[C@@H](Cc2[nH]ncc2S(C)(=O)=O)C1)(c1ccccc1)c1ccccc1. The van der Waals surface area contributed by atoms with Crippen molar-refractivity contribution < 1.29 is 13.2 Å². The van der Waals surface area contributed by atoms with Crippen molar-refractivity contribution in [1.82, 2.24) is 15.1 Å². The molecule has 4 rings (SSSR count). The Kier molecular flexibility index (Phi) is 6.20. The van der Waals surface area contributed by atoms with E-state index in [9.17, 15) is 13.2 Å². The number of aromatic amines is 1. The second-order valence-electron chi connectivity index (χ2n) is 8.81. The number of likely N-dealkylation sites (tertiary alicyclic amines) is 1. The van der Waals surface area contributed by atoms with E-state index in [-0.39, 0.29) is 16.7 Å². The number of benzene rings is 2. The van der Waals surface area contributed by atoms with Gasteiger partial charge in [0, 0.05) is 19.3 Å². The van der Waals surface area contributed by atoms with E-state index in [1.165, 1.54) is 12.5 Å². The molecule has 3 aromatic rings. The van der Waals surface area contributed by atoms with Gasteiger partial charge >= 0.3 is 0 Å². The van der Waals surface area contributed by atoms with Gasteiger partial charge in [-0.3, -0.25) is 9.89 Å². The van der Waals surface area contributed by atoms with Gasteiger partial charge in [0.25, 0.3) is 0 Å². The van der Waals surface area contributed by atoms with Gasteiger partial charge in [0.05, 0.1) is 17.3 Å². The molecule has 1 fully saturated rings. The van der Waals surface area contributed by atoms with Gasteiger partial charge in [-0.2, -0.15) is 5.10 Å². The van der Waals surface area contributed by atoms with Gasteiger partial charge in [0.15, 0.2) is 9.84 Å². The Morgan fingerprint density at radius 1 is 1.09 bits per heavy atom. The Morgan fingerprint density at radius 2 is 1.69 bits per heavy atom. The molecular formula is C25H29N3O3S. The maximum absolute atomic E-state index is 14.0. The normalized spacial score (nSPS) is 17.3. The van der Waals surface area contributed by atoms with E-state index in [1.807, 2.05) is 72.5 Å². The number of hydrogen-bond donors (Lipinski definition) is 1. The molecule has 168 valence electrons. The summed E-state index contributed by atoms with van der Waals surface area (Å²) in [6.07, 6.45) is 4.96. The molecule has 0 bridgehead atoms. The van der Waals surface area contributed by atoms with Gasteiger partial charge in [-0.1, -0.05) is 60.7 Å². The number of piperidine rings is 1. The fraction of sp³-hybridized carbons (Fsp3) is 0.360. The number of nitrogens with zero attached hydrogens (tertiary/aromatic N) is 2. The monoisotopic (exact) mass is 451 g/mol. The van der Waals surface area contributed by atoms with Crippen molar-refractivity contribution in [1.29, 1.82) is 0 Å². The first-order valence-electron chi connectivity index (χ1n) is 10.9. The molecule has 0 unspecified atom stereocenters. The fourth-order valence-electron chi connectivity index (χ4n) is 4.75. The number of hydrogen-bond acceptors (Lipinski definition) is 4. The summed E-state index contributed by atoms with van der Waals surface area (Å²) < 4.78 is 24.1. The molecule has 1 aliphatic rings. The van der Waals surface area contributed by atoms with Gasteiger partial charge in [-0.05, 0) is 43.2 Å². The Morgan fingerprint density at radius 3 is 2.25 bits per heavy atom. The number of carbonyl (C=O) groups excluding carboxylic acids is 1. The molecule has 32 heavy (non-hydrogen) atoms. The molecule has 2 aromatic carbocycles. The molecule has 6 nitrogen and oxygen atoms in total. The van der Waals surface area contributed by atoms with Crippen LogP contribution in [0.15, 0.2) is 71.8 Å². The van der Waals surface area contributed by atoms with Crippen LogP contribution in [0.4, 0.5) is 0 Å². The van der Waals surface area contributed by atoms with Crippen molar-refractivity contribution in [2.24, 2.45) is 5.92 Å². The van der Waals surface area contributed by atoms with E-state index in [4.69, 9.17) is 0 Å². The average Bonchev–Trinajstić information content (AvgIpc) is 3.28. The number of sulfone groups is 1. The molecule has 7 heteroatoms. The summed E-state index contributed by atoms with van der Waals surface area (Å²) in [4.78, 5) is 16.2. The fourth-order valence-corrected chi connectivity index (χ4v) is 5.57. The van der Waals surface area contributed by atoms with Crippen LogP contribution in [0.3, 0.4) is 0 Å². The number of nitrogens with one attached hydrogen (secondary N) is 1. The number of H-pyrrole nitrogens is 1. The van der Waals surface area contributed by atoms with Crippen LogP contribution < -0.4 is 0 Å². The van der Waals surface area contributed by atoms with E-state index in [0.717, 1.165) is 24.0 Å². The lowest BCUT2D eigenvalue weighted by atomic mass is 9.74. The van der Waals surface area contributed by atoms with E-state index >= 15 is 0 Å². The second kappa shape index (κ2) is 8.90. The van der Waals surface area contributed by atoms with Gasteiger partial charge in [0.1, 0.15) is 4.90 Å². The van der Waals surface area contributed by atoms with Gasteiger partial charge in [-0.25, -0.2) is 8.42 Å². The molecule has 0 aliphatic carbocycles. The first-order chi connectivity index (χ1) is 15.3. The zero-order valence-electron chi connectivity index (χ0n) is 18.5. The van der Waals surface area contributed by atoms with E-state index in [1.54, 1.807) is 0 Å². The minimum atomic E-state index is -3.34. The number of rotatable bonds is 6. The van der Waals surface area contributed by atoms with Crippen LogP contribution in [0, 0.1) is 5.92 Å². The maximum Gasteiger partial charge on any atom is 0.237 e. The van der Waals surface area contributed by atoms with Gasteiger partial charge in [0.2, 0.25) is 5.91 Å². The van der Waals surface area contributed by atoms with Crippen molar-refractivity contribution in [3.63, 3.8) is 0 Å². The first kappa shape index (κ1) is 22.3. The van der Waals surface area contributed by atoms with Crippen LogP contribution in [0.5, 0.6) is 0 Å². The van der Waals surface area contributed by atoms with Crippen molar-refractivity contribution in [2.75, 3.05) is 19.3 Å². The molecular weight excluding hydrogens is 422 g/mol. The van der Waals surface area contributed by atoms with Crippen LogP contribution in [0.25, 0.3) is 0 Å². The summed E-state index contributed by atoms with van der Waals surface area (Å²) in [6.45, 7) is 3.29. The first-order valence-corrected chi connectivity index (χ1v) is 12.8. The highest BCUT2D eigenvalue weighted by atomic mass is 32.2. The van der Waals surface area contributed by atoms with Crippen molar-refractivity contribution >= 4 is 15.7 Å². The predicted octanol–water partition coefficient (Wildman–Crippen LogP) is 3.60. The van der Waals surface area contributed by atoms with Crippen LogP contribution in [0.2, 0.25) is 0 Å². The molecule has 1 aromatic heterocycles. The van der Waals surface area contributed by atoms with Crippen LogP contribution in [-0.4, -0.2) is 48.8 Å². The Balaban J connectivity index is 1.61. The van der Waals surface area contributed by atoms with E-state index < -0.39 is 15.3 Å². The molecule has 2 heterocycles. The minimum Gasteiger partial charge on any atom is -0.341 e. The van der Waals surface area contributed by atoms with Crippen molar-refractivity contribution in [3.8, 4) is 0 Å². The predicted molar refractivity (Wildman–Crippen MR) is 124 cm³/mol. The third-order valence-corrected chi connectivity index (χ3v) is 7.66. The lowest BCUT2D eigenvalue weighted by Crippen LogP contribution is -2.50. The summed E-state index contributed by atoms with van der Waals surface area (Å²) in [5, 5.41) is 6.80. The highest BCUT2D eigenvalue weighted by Gasteiger charge is 2.41. The summed E-state index contributed by atoms with van der Waals surface area (Å²) in [7, 11) is -3.34. The molecule has 1 amide bonds. The summed E-state index contributed by atoms with van der Waals surface area (Å²) in [5.41, 5.74) is 1.76. The summed E-state index contributed by atoms with van der Waals surface area (Å²) in [5.74, 6) is 0.247. The zero-order chi connectivity index (χ0) is 22.8. The standard InChI is InChI=1S/C25H29N3O3S/c1-25(20-11-5-3-6-12-20,21-13-7-4-8-14-21)24(29)28-15-9-10-19(18-28)16-22-23(17-26-27-22)32(2,30)31/h3-8,11-14,17,19H,9-10,15-16,18H2,1-2H3,(H,26,27)/t19-/m0/s1. The topological polar surface area (TPSA) is 83.1 Å². The number of aromatic nitrogens is 2. The summed E-state index contributed by atoms with van der Waals surface area (Å²) >= 11 is 0. The molecule has 0 saturated carbocycles. The summed E-state index contributed by atoms with van der Waals surface area (Å²) in [6, 6.07) is 19.8. The number of amides is 1. The Hall–Kier alpha value is -2.93. The van der Waals surface area contributed by atoms with Crippen molar-refractivity contribution in [3.05, 3.63) is 83.7 Å². The van der Waals surface area contributed by atoms with Gasteiger partial charge in [-0.15, -0.1) is 0 Å². The lowest BCUT2D eigenvalue weighted by Gasteiger charge is -2.39. The zero-order valence-corrected chi connectivity index (χ0v) is 19.3. The number of carbonyl (C=O) groups is 1. The molecule has 1 N–H and O–H groups in total. The van der Waals surface area contributed by atoms with Crippen molar-refractivity contribution in [2.45, 2.75) is 36.5 Å². The largest absolute Gasteiger partial charge is 0.341 e. The smallest absolute Gasteiger partial charge is 0.237 e. The molecule has 1 saturated heterocycles. The minimum absolute atomic E-state index is 0.0764. The molecule has 0 radical (unpaired) electrons. The molecule has 1 atom stereocenters.